The summed E-state index contributed by atoms with van der Waals surface area (Å²) in [5.41, 5.74) is 1.03. The summed E-state index contributed by atoms with van der Waals surface area (Å²) in [7, 11) is -3.60. The van der Waals surface area contributed by atoms with Gasteiger partial charge in [-0.3, -0.25) is 4.18 Å². The van der Waals surface area contributed by atoms with Gasteiger partial charge in [-0.2, -0.15) is 8.42 Å². The molecular weight excluding hydrogens is 320 g/mol. The van der Waals surface area contributed by atoms with Crippen LogP contribution in [0.2, 0.25) is 0 Å². The SMILES string of the molecule is Cc1ccc(S(=O)(=O)OCCCCCCCCCCCl)cc1. The maximum Gasteiger partial charge on any atom is 0.296 e. The number of hydrogen-bond acceptors (Lipinski definition) is 3. The molecule has 126 valence electrons. The molecule has 0 fully saturated rings. The zero-order valence-electron chi connectivity index (χ0n) is 13.4. The number of alkyl halides is 1. The smallest absolute Gasteiger partial charge is 0.266 e. The second-order valence-corrected chi connectivity index (χ2v) is 7.60. The van der Waals surface area contributed by atoms with E-state index in [1.807, 2.05) is 6.92 Å². The molecule has 0 unspecified atom stereocenters. The van der Waals surface area contributed by atoms with Crippen LogP contribution in [0.15, 0.2) is 29.2 Å². The highest BCUT2D eigenvalue weighted by Crippen LogP contribution is 2.14. The maximum absolute atomic E-state index is 11.9. The van der Waals surface area contributed by atoms with Gasteiger partial charge in [0.2, 0.25) is 0 Å². The van der Waals surface area contributed by atoms with Crippen LogP contribution in [0.25, 0.3) is 0 Å². The van der Waals surface area contributed by atoms with Gasteiger partial charge in [0.05, 0.1) is 11.5 Å². The molecule has 0 radical (unpaired) electrons. The lowest BCUT2D eigenvalue weighted by atomic mass is 10.1. The molecule has 1 rings (SSSR count). The molecule has 22 heavy (non-hydrogen) atoms. The topological polar surface area (TPSA) is 43.4 Å². The van der Waals surface area contributed by atoms with E-state index in [9.17, 15) is 8.42 Å². The van der Waals surface area contributed by atoms with E-state index in [1.165, 1.54) is 25.7 Å². The van der Waals surface area contributed by atoms with Crippen molar-refractivity contribution in [1.82, 2.24) is 0 Å². The molecule has 0 heterocycles. The lowest BCUT2D eigenvalue weighted by Gasteiger charge is -2.06. The molecule has 0 spiro atoms. The van der Waals surface area contributed by atoms with Crippen molar-refractivity contribution in [2.45, 2.75) is 63.2 Å². The Kier molecular flexibility index (Phi) is 9.76. The monoisotopic (exact) mass is 346 g/mol. The van der Waals surface area contributed by atoms with E-state index < -0.39 is 10.1 Å². The average Bonchev–Trinajstić information content (AvgIpc) is 2.49. The van der Waals surface area contributed by atoms with Crippen LogP contribution in [-0.4, -0.2) is 20.9 Å². The van der Waals surface area contributed by atoms with Crippen molar-refractivity contribution in [2.24, 2.45) is 0 Å². The van der Waals surface area contributed by atoms with Gasteiger partial charge in [-0.25, -0.2) is 0 Å². The second-order valence-electron chi connectivity index (χ2n) is 5.61. The third-order valence-corrected chi connectivity index (χ3v) is 5.17. The minimum atomic E-state index is -3.60. The Morgan fingerprint density at radius 1 is 0.864 bits per heavy atom. The highest BCUT2D eigenvalue weighted by Gasteiger charge is 2.14. The number of halogens is 1. The Morgan fingerprint density at radius 2 is 1.36 bits per heavy atom. The van der Waals surface area contributed by atoms with E-state index in [2.05, 4.69) is 0 Å². The van der Waals surface area contributed by atoms with Gasteiger partial charge in [0.25, 0.3) is 10.1 Å². The maximum atomic E-state index is 11.9. The summed E-state index contributed by atoms with van der Waals surface area (Å²) in [4.78, 5) is 0.234. The van der Waals surface area contributed by atoms with Crippen LogP contribution in [0.4, 0.5) is 0 Å². The van der Waals surface area contributed by atoms with Crippen molar-refractivity contribution >= 4 is 21.7 Å². The standard InChI is InChI=1S/C17H27ClO3S/c1-16-10-12-17(13-11-16)22(19,20)21-15-9-7-5-3-2-4-6-8-14-18/h10-13H,2-9,14-15H2,1H3. The normalized spacial score (nSPS) is 11.7. The quantitative estimate of drug-likeness (QED) is 0.302. The van der Waals surface area contributed by atoms with Crippen molar-refractivity contribution < 1.29 is 12.6 Å². The van der Waals surface area contributed by atoms with Gasteiger partial charge < -0.3 is 0 Å². The Hall–Kier alpha value is -0.580. The summed E-state index contributed by atoms with van der Waals surface area (Å²) in [5.74, 6) is 0.757. The van der Waals surface area contributed by atoms with Crippen molar-refractivity contribution in [3.63, 3.8) is 0 Å². The molecule has 0 atom stereocenters. The third-order valence-electron chi connectivity index (χ3n) is 3.58. The van der Waals surface area contributed by atoms with Crippen molar-refractivity contribution in [3.05, 3.63) is 29.8 Å². The fourth-order valence-electron chi connectivity index (χ4n) is 2.20. The number of benzene rings is 1. The first-order valence-corrected chi connectivity index (χ1v) is 10.0. The summed E-state index contributed by atoms with van der Waals surface area (Å²) >= 11 is 5.62. The summed E-state index contributed by atoms with van der Waals surface area (Å²) < 4.78 is 29.0. The van der Waals surface area contributed by atoms with E-state index in [4.69, 9.17) is 15.8 Å². The minimum Gasteiger partial charge on any atom is -0.266 e. The van der Waals surface area contributed by atoms with Crippen LogP contribution >= 0.6 is 11.6 Å². The fraction of sp³-hybridized carbons (Fsp3) is 0.647. The first-order chi connectivity index (χ1) is 10.6. The van der Waals surface area contributed by atoms with Crippen LogP contribution in [-0.2, 0) is 14.3 Å². The molecule has 5 heteroatoms. The highest BCUT2D eigenvalue weighted by atomic mass is 35.5. The zero-order valence-corrected chi connectivity index (χ0v) is 15.0. The van der Waals surface area contributed by atoms with Crippen LogP contribution in [0.1, 0.15) is 56.9 Å². The summed E-state index contributed by atoms with van der Waals surface area (Å²) in [5, 5.41) is 0. The van der Waals surface area contributed by atoms with Crippen LogP contribution in [0.5, 0.6) is 0 Å². The molecule has 0 amide bonds. The third kappa shape index (κ3) is 8.16. The van der Waals surface area contributed by atoms with Gasteiger partial charge in [0.15, 0.2) is 0 Å². The van der Waals surface area contributed by atoms with Crippen molar-refractivity contribution in [1.29, 1.82) is 0 Å². The van der Waals surface area contributed by atoms with Gasteiger partial charge in [-0.1, -0.05) is 56.2 Å². The average molecular weight is 347 g/mol. The molecule has 0 bridgehead atoms. The van der Waals surface area contributed by atoms with Gasteiger partial charge in [0.1, 0.15) is 0 Å². The lowest BCUT2D eigenvalue weighted by Crippen LogP contribution is -2.07. The van der Waals surface area contributed by atoms with Crippen molar-refractivity contribution in [3.8, 4) is 0 Å². The molecule has 0 N–H and O–H groups in total. The Labute approximate surface area is 140 Å². The van der Waals surface area contributed by atoms with E-state index in [1.54, 1.807) is 24.3 Å². The first kappa shape index (κ1) is 19.5. The molecule has 0 aliphatic rings. The molecule has 0 saturated heterocycles. The van der Waals surface area contributed by atoms with Crippen LogP contribution in [0.3, 0.4) is 0 Å². The predicted molar refractivity (Wildman–Crippen MR) is 92.0 cm³/mol. The molecule has 3 nitrogen and oxygen atoms in total. The molecule has 1 aromatic rings. The minimum absolute atomic E-state index is 0.234. The Balaban J connectivity index is 2.10. The van der Waals surface area contributed by atoms with E-state index in [0.29, 0.717) is 0 Å². The number of hydrogen-bond donors (Lipinski definition) is 0. The molecule has 0 aromatic heterocycles. The summed E-state index contributed by atoms with van der Waals surface area (Å²) in [6.45, 7) is 2.19. The summed E-state index contributed by atoms with van der Waals surface area (Å²) in [6, 6.07) is 6.73. The molecule has 0 saturated carbocycles. The Morgan fingerprint density at radius 3 is 1.91 bits per heavy atom. The van der Waals surface area contributed by atoms with Crippen LogP contribution < -0.4 is 0 Å². The first-order valence-electron chi connectivity index (χ1n) is 8.08. The molecule has 0 aliphatic carbocycles. The summed E-state index contributed by atoms with van der Waals surface area (Å²) in [6.07, 6.45) is 8.92. The van der Waals surface area contributed by atoms with E-state index >= 15 is 0 Å². The van der Waals surface area contributed by atoms with Crippen LogP contribution in [0, 0.1) is 6.92 Å². The zero-order chi connectivity index (χ0) is 16.3. The van der Waals surface area contributed by atoms with Gasteiger partial charge in [-0.15, -0.1) is 11.6 Å². The largest absolute Gasteiger partial charge is 0.296 e. The van der Waals surface area contributed by atoms with Gasteiger partial charge >= 0.3 is 0 Å². The molecule has 0 aliphatic heterocycles. The van der Waals surface area contributed by atoms with Crippen molar-refractivity contribution in [2.75, 3.05) is 12.5 Å². The number of unbranched alkanes of at least 4 members (excludes halogenated alkanes) is 7. The molecular formula is C17H27ClO3S. The van der Waals surface area contributed by atoms with E-state index in [-0.39, 0.29) is 11.5 Å². The Bertz CT molecular complexity index is 497. The molecule has 1 aromatic carbocycles. The number of rotatable bonds is 12. The highest BCUT2D eigenvalue weighted by molar-refractivity contribution is 7.86. The van der Waals surface area contributed by atoms with E-state index in [0.717, 1.165) is 37.1 Å². The lowest BCUT2D eigenvalue weighted by molar-refractivity contribution is 0.306. The second kappa shape index (κ2) is 11.0. The predicted octanol–water partition coefficient (Wildman–Crippen LogP) is 5.06. The van der Waals surface area contributed by atoms with Gasteiger partial charge in [-0.05, 0) is 31.9 Å². The fourth-order valence-corrected chi connectivity index (χ4v) is 3.33. The number of aryl methyl sites for hydroxylation is 1. The van der Waals surface area contributed by atoms with Gasteiger partial charge in [0, 0.05) is 5.88 Å².